The highest BCUT2D eigenvalue weighted by Gasteiger charge is 2.10. The molecule has 86 valence electrons. The van der Waals surface area contributed by atoms with E-state index in [1.807, 2.05) is 0 Å². The van der Waals surface area contributed by atoms with Crippen molar-refractivity contribution in [3.8, 4) is 0 Å². The van der Waals surface area contributed by atoms with Gasteiger partial charge in [0, 0.05) is 0 Å². The van der Waals surface area contributed by atoms with Gasteiger partial charge in [-0.3, -0.25) is 14.9 Å². The Kier molecular flexibility index (Phi) is 3.59. The molecule has 0 bridgehead atoms. The summed E-state index contributed by atoms with van der Waals surface area (Å²) < 4.78 is 4.39. The summed E-state index contributed by atoms with van der Waals surface area (Å²) in [6.07, 6.45) is 0. The van der Waals surface area contributed by atoms with Gasteiger partial charge in [-0.2, -0.15) is 0 Å². The molecule has 0 fully saturated rings. The first-order chi connectivity index (χ1) is 7.52. The van der Waals surface area contributed by atoms with Crippen LogP contribution in [0.15, 0.2) is 12.1 Å². The van der Waals surface area contributed by atoms with Gasteiger partial charge < -0.3 is 15.8 Å². The van der Waals surface area contributed by atoms with E-state index in [2.05, 4.69) is 15.0 Å². The number of carbonyl (C=O) groups is 1. The molecule has 0 aliphatic carbocycles. The summed E-state index contributed by atoms with van der Waals surface area (Å²) in [4.78, 5) is 24.5. The van der Waals surface area contributed by atoms with Crippen LogP contribution in [0, 0.1) is 10.1 Å². The Morgan fingerprint density at radius 1 is 1.69 bits per heavy atom. The topological polar surface area (TPSA) is 120 Å². The van der Waals surface area contributed by atoms with Crippen LogP contribution < -0.4 is 11.1 Å². The highest BCUT2D eigenvalue weighted by molar-refractivity contribution is 5.74. The summed E-state index contributed by atoms with van der Waals surface area (Å²) in [6.45, 7) is -0.135. The highest BCUT2D eigenvalue weighted by atomic mass is 16.6. The van der Waals surface area contributed by atoms with Gasteiger partial charge >= 0.3 is 5.97 Å². The Bertz CT molecular complexity index is 420. The first-order valence-electron chi connectivity index (χ1n) is 4.25. The van der Waals surface area contributed by atoms with Crippen molar-refractivity contribution in [2.24, 2.45) is 0 Å². The molecule has 0 unspecified atom stereocenters. The quantitative estimate of drug-likeness (QED) is 0.426. The molecular formula is C8H10N4O4. The van der Waals surface area contributed by atoms with Crippen LogP contribution in [0.3, 0.4) is 0 Å². The van der Waals surface area contributed by atoms with E-state index in [1.54, 1.807) is 0 Å². The standard InChI is InChI=1S/C8H10N4O4/c1-16-8(13)4-10-7-3-5(12(14)15)2-6(9)11-7/h2-3H,4H2,1H3,(H3,9,10,11). The van der Waals surface area contributed by atoms with Crippen LogP contribution in [0.1, 0.15) is 0 Å². The zero-order valence-electron chi connectivity index (χ0n) is 8.47. The van der Waals surface area contributed by atoms with E-state index in [0.29, 0.717) is 0 Å². The number of nitro groups is 1. The monoisotopic (exact) mass is 226 g/mol. The van der Waals surface area contributed by atoms with Crippen molar-refractivity contribution in [2.75, 3.05) is 24.7 Å². The number of aromatic nitrogens is 1. The lowest BCUT2D eigenvalue weighted by Crippen LogP contribution is -2.16. The van der Waals surface area contributed by atoms with Crippen molar-refractivity contribution in [3.05, 3.63) is 22.2 Å². The average molecular weight is 226 g/mol. The molecule has 0 saturated carbocycles. The number of rotatable bonds is 4. The number of nitrogen functional groups attached to an aromatic ring is 1. The Labute approximate surface area is 90.6 Å². The number of anilines is 2. The second-order valence-corrected chi connectivity index (χ2v) is 2.82. The van der Waals surface area contributed by atoms with Gasteiger partial charge in [-0.25, -0.2) is 4.98 Å². The van der Waals surface area contributed by atoms with Crippen LogP contribution in [-0.4, -0.2) is 29.5 Å². The number of nitrogens with zero attached hydrogens (tertiary/aromatic N) is 2. The molecule has 0 aliphatic heterocycles. The number of nitrogens with two attached hydrogens (primary N) is 1. The molecule has 0 saturated heterocycles. The normalized spacial score (nSPS) is 9.56. The summed E-state index contributed by atoms with van der Waals surface area (Å²) >= 11 is 0. The van der Waals surface area contributed by atoms with Gasteiger partial charge in [-0.1, -0.05) is 0 Å². The number of esters is 1. The highest BCUT2D eigenvalue weighted by Crippen LogP contribution is 2.18. The molecular weight excluding hydrogens is 216 g/mol. The molecule has 16 heavy (non-hydrogen) atoms. The van der Waals surface area contributed by atoms with Crippen molar-refractivity contribution in [1.29, 1.82) is 0 Å². The fraction of sp³-hybridized carbons (Fsp3) is 0.250. The Balaban J connectivity index is 2.80. The van der Waals surface area contributed by atoms with Crippen LogP contribution in [-0.2, 0) is 9.53 Å². The maximum absolute atomic E-state index is 10.8. The molecule has 1 aromatic heterocycles. The smallest absolute Gasteiger partial charge is 0.325 e. The lowest BCUT2D eigenvalue weighted by Gasteiger charge is -2.04. The maximum atomic E-state index is 10.8. The van der Waals surface area contributed by atoms with Crippen LogP contribution in [0.25, 0.3) is 0 Å². The van der Waals surface area contributed by atoms with E-state index in [0.717, 1.165) is 6.07 Å². The predicted molar refractivity (Wildman–Crippen MR) is 55.8 cm³/mol. The largest absolute Gasteiger partial charge is 0.468 e. The van der Waals surface area contributed by atoms with E-state index in [-0.39, 0.29) is 23.9 Å². The number of methoxy groups -OCH3 is 1. The molecule has 0 amide bonds. The van der Waals surface area contributed by atoms with Gasteiger partial charge in [-0.15, -0.1) is 0 Å². The van der Waals surface area contributed by atoms with Crippen LogP contribution in [0.4, 0.5) is 17.3 Å². The molecule has 0 atom stereocenters. The van der Waals surface area contributed by atoms with E-state index < -0.39 is 10.9 Å². The molecule has 0 radical (unpaired) electrons. The summed E-state index contributed by atoms with van der Waals surface area (Å²) in [5.41, 5.74) is 5.17. The molecule has 1 heterocycles. The lowest BCUT2D eigenvalue weighted by atomic mass is 10.3. The Morgan fingerprint density at radius 3 is 2.94 bits per heavy atom. The first kappa shape index (κ1) is 11.7. The average Bonchev–Trinajstić information content (AvgIpc) is 2.25. The van der Waals surface area contributed by atoms with E-state index >= 15 is 0 Å². The third kappa shape index (κ3) is 3.08. The molecule has 1 aromatic rings. The molecule has 0 spiro atoms. The van der Waals surface area contributed by atoms with Crippen LogP contribution >= 0.6 is 0 Å². The van der Waals surface area contributed by atoms with E-state index in [1.165, 1.54) is 13.2 Å². The zero-order chi connectivity index (χ0) is 12.1. The second kappa shape index (κ2) is 4.91. The van der Waals surface area contributed by atoms with Gasteiger partial charge in [0.25, 0.3) is 5.69 Å². The summed E-state index contributed by atoms with van der Waals surface area (Å²) in [5, 5.41) is 13.1. The van der Waals surface area contributed by atoms with Crippen molar-refractivity contribution in [3.63, 3.8) is 0 Å². The number of pyridine rings is 1. The summed E-state index contributed by atoms with van der Waals surface area (Å²) in [7, 11) is 1.24. The van der Waals surface area contributed by atoms with Crippen molar-refractivity contribution in [2.45, 2.75) is 0 Å². The molecule has 1 rings (SSSR count). The number of hydrogen-bond donors (Lipinski definition) is 2. The van der Waals surface area contributed by atoms with Crippen molar-refractivity contribution >= 4 is 23.3 Å². The first-order valence-corrected chi connectivity index (χ1v) is 4.25. The van der Waals surface area contributed by atoms with E-state index in [4.69, 9.17) is 5.73 Å². The van der Waals surface area contributed by atoms with Crippen molar-refractivity contribution < 1.29 is 14.5 Å². The van der Waals surface area contributed by atoms with Gasteiger partial charge in [0.1, 0.15) is 18.2 Å². The van der Waals surface area contributed by atoms with E-state index in [9.17, 15) is 14.9 Å². The minimum absolute atomic E-state index is 0.00145. The molecule has 8 nitrogen and oxygen atoms in total. The molecule has 0 aliphatic rings. The SMILES string of the molecule is COC(=O)CNc1cc([N+](=O)[O-])cc(N)n1. The molecule has 8 heteroatoms. The number of hydrogen-bond acceptors (Lipinski definition) is 7. The Morgan fingerprint density at radius 2 is 2.38 bits per heavy atom. The predicted octanol–water partition coefficient (Wildman–Crippen LogP) is 0.157. The Hall–Kier alpha value is -2.38. The van der Waals surface area contributed by atoms with Gasteiger partial charge in [0.15, 0.2) is 0 Å². The lowest BCUT2D eigenvalue weighted by molar-refractivity contribution is -0.384. The fourth-order valence-electron chi connectivity index (χ4n) is 0.968. The summed E-state index contributed by atoms with van der Waals surface area (Å²) in [5.74, 6) is -0.356. The third-order valence-corrected chi connectivity index (χ3v) is 1.68. The number of nitrogens with one attached hydrogen (secondary N) is 1. The van der Waals surface area contributed by atoms with Crippen LogP contribution in [0.5, 0.6) is 0 Å². The second-order valence-electron chi connectivity index (χ2n) is 2.82. The molecule has 0 aromatic carbocycles. The zero-order valence-corrected chi connectivity index (χ0v) is 8.47. The van der Waals surface area contributed by atoms with Crippen molar-refractivity contribution in [1.82, 2.24) is 4.98 Å². The maximum Gasteiger partial charge on any atom is 0.325 e. The minimum Gasteiger partial charge on any atom is -0.468 e. The van der Waals surface area contributed by atoms with Gasteiger partial charge in [0.2, 0.25) is 0 Å². The van der Waals surface area contributed by atoms with Crippen LogP contribution in [0.2, 0.25) is 0 Å². The fourth-order valence-corrected chi connectivity index (χ4v) is 0.968. The summed E-state index contributed by atoms with van der Waals surface area (Å²) in [6, 6.07) is 2.31. The minimum atomic E-state index is -0.596. The number of carbonyl (C=O) groups excluding carboxylic acids is 1. The third-order valence-electron chi connectivity index (χ3n) is 1.68. The number of ether oxygens (including phenoxy) is 1. The molecule has 3 N–H and O–H groups in total. The van der Waals surface area contributed by atoms with Gasteiger partial charge in [-0.05, 0) is 0 Å². The van der Waals surface area contributed by atoms with Gasteiger partial charge in [0.05, 0.1) is 24.2 Å².